The molecule has 2 heterocycles. The lowest BCUT2D eigenvalue weighted by molar-refractivity contribution is 0.256. The molecule has 0 saturated carbocycles. The van der Waals surface area contributed by atoms with Crippen molar-refractivity contribution in [1.29, 1.82) is 0 Å². The minimum Gasteiger partial charge on any atom is -0.313 e. The molecule has 2 rings (SSSR count). The summed E-state index contributed by atoms with van der Waals surface area (Å²) in [6.45, 7) is 4.78. The van der Waals surface area contributed by atoms with E-state index in [0.29, 0.717) is 16.2 Å². The Morgan fingerprint density at radius 1 is 1.42 bits per heavy atom. The average molecular weight is 302 g/mol. The van der Waals surface area contributed by atoms with Crippen LogP contribution in [0.1, 0.15) is 30.5 Å². The Morgan fingerprint density at radius 2 is 2.21 bits per heavy atom. The van der Waals surface area contributed by atoms with Gasteiger partial charge in [0.15, 0.2) is 0 Å². The average Bonchev–Trinajstić information content (AvgIpc) is 2.35. The molecule has 1 saturated heterocycles. The zero-order chi connectivity index (χ0) is 13.8. The number of likely N-dealkylation sites (N-methyl/N-ethyl adjacent to an activating group) is 1. The van der Waals surface area contributed by atoms with Crippen molar-refractivity contribution >= 4 is 23.2 Å². The van der Waals surface area contributed by atoms with Crippen molar-refractivity contribution in [2.45, 2.75) is 38.8 Å². The maximum atomic E-state index is 6.25. The van der Waals surface area contributed by atoms with Crippen LogP contribution in [-0.4, -0.2) is 36.1 Å². The first-order valence-corrected chi connectivity index (χ1v) is 7.55. The molecule has 1 unspecified atom stereocenters. The van der Waals surface area contributed by atoms with Gasteiger partial charge in [-0.25, -0.2) is 4.98 Å². The van der Waals surface area contributed by atoms with Crippen LogP contribution < -0.4 is 5.32 Å². The molecule has 0 aromatic carbocycles. The second kappa shape index (κ2) is 6.89. The summed E-state index contributed by atoms with van der Waals surface area (Å²) in [4.78, 5) is 6.53. The lowest BCUT2D eigenvalue weighted by Gasteiger charge is -2.28. The van der Waals surface area contributed by atoms with Gasteiger partial charge in [-0.3, -0.25) is 0 Å². The zero-order valence-corrected chi connectivity index (χ0v) is 13.1. The van der Waals surface area contributed by atoms with E-state index < -0.39 is 0 Å². The van der Waals surface area contributed by atoms with Crippen LogP contribution in [-0.2, 0) is 6.54 Å². The third-order valence-corrected chi connectivity index (χ3v) is 4.17. The third-order valence-electron chi connectivity index (χ3n) is 3.52. The van der Waals surface area contributed by atoms with E-state index in [2.05, 4.69) is 22.2 Å². The highest BCUT2D eigenvalue weighted by molar-refractivity contribution is 6.35. The monoisotopic (exact) mass is 301 g/mol. The van der Waals surface area contributed by atoms with Crippen molar-refractivity contribution in [3.05, 3.63) is 27.5 Å². The van der Waals surface area contributed by atoms with Crippen molar-refractivity contribution < 1.29 is 0 Å². The molecule has 0 amide bonds. The van der Waals surface area contributed by atoms with Crippen molar-refractivity contribution in [2.75, 3.05) is 20.1 Å². The van der Waals surface area contributed by atoms with Gasteiger partial charge in [-0.05, 0) is 39.4 Å². The predicted molar refractivity (Wildman–Crippen MR) is 81.0 cm³/mol. The topological polar surface area (TPSA) is 28.2 Å². The molecule has 0 spiro atoms. The molecule has 3 nitrogen and oxygen atoms in total. The molecular weight excluding hydrogens is 281 g/mol. The number of hydrogen-bond donors (Lipinski definition) is 1. The van der Waals surface area contributed by atoms with Gasteiger partial charge in [0, 0.05) is 35.4 Å². The summed E-state index contributed by atoms with van der Waals surface area (Å²) < 4.78 is 0. The minimum absolute atomic E-state index is 0.522. The molecule has 1 atom stereocenters. The summed E-state index contributed by atoms with van der Waals surface area (Å²) in [5, 5.41) is 4.78. The van der Waals surface area contributed by atoms with E-state index in [0.717, 1.165) is 30.9 Å². The maximum absolute atomic E-state index is 6.25. The Kier molecular flexibility index (Phi) is 5.46. The molecular formula is C14H21Cl2N3. The number of nitrogens with zero attached hydrogens (tertiary/aromatic N) is 2. The number of hydrogen-bond acceptors (Lipinski definition) is 3. The lowest BCUT2D eigenvalue weighted by Crippen LogP contribution is -2.42. The Bertz CT molecular complexity index is 408. The van der Waals surface area contributed by atoms with Gasteiger partial charge in [-0.1, -0.05) is 29.6 Å². The van der Waals surface area contributed by atoms with Gasteiger partial charge in [0.1, 0.15) is 5.15 Å². The van der Waals surface area contributed by atoms with E-state index in [1.807, 2.05) is 13.0 Å². The Balaban J connectivity index is 1.96. The Hall–Kier alpha value is -0.350. The molecule has 0 bridgehead atoms. The summed E-state index contributed by atoms with van der Waals surface area (Å²) >= 11 is 12.4. The van der Waals surface area contributed by atoms with E-state index in [4.69, 9.17) is 23.2 Å². The van der Waals surface area contributed by atoms with Crippen LogP contribution in [0.15, 0.2) is 6.07 Å². The Labute approximate surface area is 125 Å². The van der Waals surface area contributed by atoms with Crippen molar-refractivity contribution in [1.82, 2.24) is 15.2 Å². The maximum Gasteiger partial charge on any atom is 0.135 e. The van der Waals surface area contributed by atoms with Gasteiger partial charge < -0.3 is 10.2 Å². The normalized spacial score (nSPS) is 19.9. The molecule has 0 radical (unpaired) electrons. The van der Waals surface area contributed by atoms with E-state index in [-0.39, 0.29) is 0 Å². The number of halogens is 2. The molecule has 1 N–H and O–H groups in total. The van der Waals surface area contributed by atoms with E-state index in [9.17, 15) is 0 Å². The van der Waals surface area contributed by atoms with E-state index in [1.165, 1.54) is 19.3 Å². The van der Waals surface area contributed by atoms with E-state index >= 15 is 0 Å². The molecule has 0 aliphatic carbocycles. The molecule has 1 aliphatic heterocycles. The van der Waals surface area contributed by atoms with Crippen LogP contribution in [0.2, 0.25) is 10.2 Å². The van der Waals surface area contributed by atoms with Gasteiger partial charge >= 0.3 is 0 Å². The lowest BCUT2D eigenvalue weighted by atomic mass is 10.0. The second-order valence-corrected chi connectivity index (χ2v) is 6.12. The van der Waals surface area contributed by atoms with Crippen LogP contribution in [0.25, 0.3) is 0 Å². The molecule has 1 aromatic heterocycles. The first-order valence-electron chi connectivity index (χ1n) is 6.79. The van der Waals surface area contributed by atoms with Gasteiger partial charge in [-0.15, -0.1) is 0 Å². The summed E-state index contributed by atoms with van der Waals surface area (Å²) in [7, 11) is 2.10. The first kappa shape index (κ1) is 15.0. The summed E-state index contributed by atoms with van der Waals surface area (Å²) in [5.41, 5.74) is 1.78. The number of rotatable bonds is 4. The summed E-state index contributed by atoms with van der Waals surface area (Å²) in [5.74, 6) is 0. The Morgan fingerprint density at radius 3 is 2.84 bits per heavy atom. The fraction of sp³-hybridized carbons (Fsp3) is 0.643. The minimum atomic E-state index is 0.522. The molecule has 1 fully saturated rings. The highest BCUT2D eigenvalue weighted by Crippen LogP contribution is 2.25. The SMILES string of the molecule is Cc1cc(Cl)c(CN(C)CC2CCCCN2)c(Cl)n1. The number of aromatic nitrogens is 1. The smallest absolute Gasteiger partial charge is 0.135 e. The first-order chi connectivity index (χ1) is 9.06. The van der Waals surface area contributed by atoms with Crippen LogP contribution in [0.4, 0.5) is 0 Å². The number of pyridine rings is 1. The van der Waals surface area contributed by atoms with Gasteiger partial charge in [0.25, 0.3) is 0 Å². The van der Waals surface area contributed by atoms with Gasteiger partial charge in [0.2, 0.25) is 0 Å². The third kappa shape index (κ3) is 4.32. The van der Waals surface area contributed by atoms with Crippen molar-refractivity contribution in [2.24, 2.45) is 0 Å². The van der Waals surface area contributed by atoms with Crippen LogP contribution in [0, 0.1) is 6.92 Å². The fourth-order valence-electron chi connectivity index (χ4n) is 2.55. The van der Waals surface area contributed by atoms with Crippen LogP contribution in [0.5, 0.6) is 0 Å². The number of piperidine rings is 1. The molecule has 1 aromatic rings. The summed E-state index contributed by atoms with van der Waals surface area (Å²) in [6, 6.07) is 2.45. The van der Waals surface area contributed by atoms with Crippen LogP contribution >= 0.6 is 23.2 Å². The highest BCUT2D eigenvalue weighted by Gasteiger charge is 2.16. The van der Waals surface area contributed by atoms with E-state index in [1.54, 1.807) is 0 Å². The van der Waals surface area contributed by atoms with Crippen molar-refractivity contribution in [3.8, 4) is 0 Å². The molecule has 19 heavy (non-hydrogen) atoms. The van der Waals surface area contributed by atoms with Gasteiger partial charge in [0.05, 0.1) is 0 Å². The molecule has 106 valence electrons. The standard InChI is InChI=1S/C14H21Cl2N3/c1-10-7-13(15)12(14(16)18-10)9-19(2)8-11-5-3-4-6-17-11/h7,11,17H,3-6,8-9H2,1-2H3. The van der Waals surface area contributed by atoms with Crippen molar-refractivity contribution in [3.63, 3.8) is 0 Å². The van der Waals surface area contributed by atoms with Gasteiger partial charge in [-0.2, -0.15) is 0 Å². The molecule has 1 aliphatic rings. The predicted octanol–water partition coefficient (Wildman–Crippen LogP) is 3.27. The number of aryl methyl sites for hydroxylation is 1. The number of nitrogens with one attached hydrogen (secondary N) is 1. The largest absolute Gasteiger partial charge is 0.313 e. The highest BCUT2D eigenvalue weighted by atomic mass is 35.5. The fourth-order valence-corrected chi connectivity index (χ4v) is 3.21. The zero-order valence-electron chi connectivity index (χ0n) is 11.5. The summed E-state index contributed by atoms with van der Waals surface area (Å²) in [6.07, 6.45) is 3.86. The molecule has 5 heteroatoms. The van der Waals surface area contributed by atoms with Crippen LogP contribution in [0.3, 0.4) is 0 Å². The second-order valence-electron chi connectivity index (χ2n) is 5.36. The quantitative estimate of drug-likeness (QED) is 0.865.